The molecule has 0 unspecified atom stereocenters. The zero-order chi connectivity index (χ0) is 22.9. The number of thiocarbonyl (C=S) groups is 1. The molecule has 3 heterocycles. The highest BCUT2D eigenvalue weighted by molar-refractivity contribution is 7.80. The van der Waals surface area contributed by atoms with Crippen LogP contribution in [0.4, 0.5) is 10.1 Å². The Balaban J connectivity index is 1.56. The molecule has 0 aliphatic carbocycles. The van der Waals surface area contributed by atoms with Gasteiger partial charge in [0.05, 0.1) is 17.3 Å². The van der Waals surface area contributed by atoms with E-state index in [1.807, 2.05) is 35.2 Å². The minimum Gasteiger partial charge on any atom is -0.478 e. The molecule has 2 N–H and O–H groups in total. The van der Waals surface area contributed by atoms with Gasteiger partial charge in [-0.15, -0.1) is 0 Å². The monoisotopic (exact) mass is 459 g/mol. The molecular weight excluding hydrogens is 441 g/mol. The Morgan fingerprint density at radius 2 is 1.79 bits per heavy atom. The van der Waals surface area contributed by atoms with Gasteiger partial charge in [-0.25, -0.2) is 9.18 Å². The summed E-state index contributed by atoms with van der Waals surface area (Å²) in [6.45, 7) is 0. The number of furan rings is 1. The molecule has 2 aromatic heterocycles. The Hall–Kier alpha value is -4.04. The van der Waals surface area contributed by atoms with Crippen LogP contribution in [-0.4, -0.2) is 21.2 Å². The third-order valence-electron chi connectivity index (χ3n) is 5.54. The molecule has 6 nitrogen and oxygen atoms in total. The van der Waals surface area contributed by atoms with Crippen LogP contribution in [-0.2, 0) is 0 Å². The molecule has 1 aliphatic heterocycles. The number of aromatic nitrogens is 1. The predicted molar refractivity (Wildman–Crippen MR) is 125 cm³/mol. The second kappa shape index (κ2) is 8.48. The number of pyridine rings is 1. The summed E-state index contributed by atoms with van der Waals surface area (Å²) in [5.74, 6) is -0.0849. The number of halogens is 1. The first kappa shape index (κ1) is 20.8. The molecule has 0 saturated carbocycles. The van der Waals surface area contributed by atoms with E-state index in [0.717, 1.165) is 16.9 Å². The summed E-state index contributed by atoms with van der Waals surface area (Å²) < 4.78 is 19.8. The zero-order valence-electron chi connectivity index (χ0n) is 17.2. The minimum atomic E-state index is -0.986. The molecule has 5 rings (SSSR count). The molecule has 164 valence electrons. The van der Waals surface area contributed by atoms with Crippen LogP contribution in [0.15, 0.2) is 89.5 Å². The Bertz CT molecular complexity index is 1310. The van der Waals surface area contributed by atoms with Crippen LogP contribution in [0, 0.1) is 5.82 Å². The highest BCUT2D eigenvalue weighted by Crippen LogP contribution is 2.42. The van der Waals surface area contributed by atoms with Crippen LogP contribution in [0.2, 0.25) is 0 Å². The topological polar surface area (TPSA) is 78.6 Å². The first-order chi connectivity index (χ1) is 16.0. The third-order valence-corrected chi connectivity index (χ3v) is 5.85. The fourth-order valence-corrected chi connectivity index (χ4v) is 4.31. The number of nitrogens with zero attached hydrogens (tertiary/aromatic N) is 2. The Kier molecular flexibility index (Phi) is 5.35. The molecule has 1 aliphatic rings. The number of anilines is 1. The van der Waals surface area contributed by atoms with Crippen molar-refractivity contribution >= 4 is 29.0 Å². The molecule has 33 heavy (non-hydrogen) atoms. The Morgan fingerprint density at radius 1 is 1.03 bits per heavy atom. The number of rotatable bonds is 5. The largest absolute Gasteiger partial charge is 0.478 e. The SMILES string of the molecule is O=C(O)c1ccc(-c2ccc([C@@H]3[C@@H](c4ccccn4)NC(=S)N3c3ccc(F)cc3)o2)cc1. The van der Waals surface area contributed by atoms with Crippen molar-refractivity contribution in [2.45, 2.75) is 12.1 Å². The minimum absolute atomic E-state index is 0.202. The molecule has 0 amide bonds. The van der Waals surface area contributed by atoms with Crippen LogP contribution in [0.1, 0.15) is 33.9 Å². The van der Waals surface area contributed by atoms with Gasteiger partial charge in [-0.2, -0.15) is 0 Å². The van der Waals surface area contributed by atoms with Gasteiger partial charge < -0.3 is 19.7 Å². The standard InChI is InChI=1S/C25H18FN3O3S/c26-17-8-10-18(11-9-17)29-23(22(28-25(29)33)19-3-1-2-14-27-19)21-13-12-20(32-21)15-4-6-16(7-5-15)24(30)31/h1-14,22-23H,(H,28,33)(H,30,31)/t22-,23-/m1/s1. The maximum absolute atomic E-state index is 13.6. The normalized spacial score (nSPS) is 17.7. The van der Waals surface area contributed by atoms with E-state index in [1.54, 1.807) is 30.5 Å². The number of carboxylic acid groups (broad SMARTS) is 1. The molecule has 1 fully saturated rings. The average Bonchev–Trinajstić information content (AvgIpc) is 3.45. The molecule has 4 aromatic rings. The van der Waals surface area contributed by atoms with E-state index in [2.05, 4.69) is 10.3 Å². The predicted octanol–water partition coefficient (Wildman–Crippen LogP) is 5.36. The van der Waals surface area contributed by atoms with E-state index in [1.165, 1.54) is 24.3 Å². The highest BCUT2D eigenvalue weighted by atomic mass is 32.1. The maximum atomic E-state index is 13.6. The number of hydrogen-bond donors (Lipinski definition) is 2. The van der Waals surface area contributed by atoms with Crippen molar-refractivity contribution < 1.29 is 18.7 Å². The molecular formula is C25H18FN3O3S. The number of carboxylic acids is 1. The molecule has 0 spiro atoms. The molecule has 8 heteroatoms. The number of nitrogens with one attached hydrogen (secondary N) is 1. The number of carbonyl (C=O) groups is 1. The van der Waals surface area contributed by atoms with Crippen LogP contribution in [0.3, 0.4) is 0 Å². The van der Waals surface area contributed by atoms with E-state index in [9.17, 15) is 9.18 Å². The number of benzene rings is 2. The van der Waals surface area contributed by atoms with E-state index < -0.39 is 5.97 Å². The lowest BCUT2D eigenvalue weighted by atomic mass is 10.0. The van der Waals surface area contributed by atoms with Crippen LogP contribution in [0.25, 0.3) is 11.3 Å². The van der Waals surface area contributed by atoms with Gasteiger partial charge in [0.25, 0.3) is 0 Å². The summed E-state index contributed by atoms with van der Waals surface area (Å²) in [6.07, 6.45) is 1.72. The summed E-state index contributed by atoms with van der Waals surface area (Å²) in [4.78, 5) is 17.5. The van der Waals surface area contributed by atoms with Crippen molar-refractivity contribution in [2.75, 3.05) is 4.90 Å². The van der Waals surface area contributed by atoms with Crippen molar-refractivity contribution in [3.63, 3.8) is 0 Å². The van der Waals surface area contributed by atoms with Crippen LogP contribution < -0.4 is 10.2 Å². The lowest BCUT2D eigenvalue weighted by molar-refractivity contribution is 0.0697. The van der Waals surface area contributed by atoms with Crippen molar-refractivity contribution in [3.8, 4) is 11.3 Å². The van der Waals surface area contributed by atoms with E-state index in [0.29, 0.717) is 16.6 Å². The van der Waals surface area contributed by atoms with Gasteiger partial charge in [0.1, 0.15) is 23.4 Å². The smallest absolute Gasteiger partial charge is 0.335 e. The van der Waals surface area contributed by atoms with Gasteiger partial charge >= 0.3 is 5.97 Å². The van der Waals surface area contributed by atoms with Gasteiger partial charge in [0.15, 0.2) is 5.11 Å². The maximum Gasteiger partial charge on any atom is 0.335 e. The van der Waals surface area contributed by atoms with Crippen LogP contribution in [0.5, 0.6) is 0 Å². The number of aromatic carboxylic acids is 1. The zero-order valence-corrected chi connectivity index (χ0v) is 18.0. The van der Waals surface area contributed by atoms with Crippen molar-refractivity contribution in [3.05, 3.63) is 108 Å². The molecule has 0 bridgehead atoms. The molecule has 2 aromatic carbocycles. The van der Waals surface area contributed by atoms with Crippen molar-refractivity contribution in [1.29, 1.82) is 0 Å². The summed E-state index contributed by atoms with van der Waals surface area (Å²) in [6, 6.07) is 21.3. The van der Waals surface area contributed by atoms with Crippen LogP contribution >= 0.6 is 12.2 Å². The van der Waals surface area contributed by atoms with Gasteiger partial charge in [-0.3, -0.25) is 4.98 Å². The highest BCUT2D eigenvalue weighted by Gasteiger charge is 2.42. The van der Waals surface area contributed by atoms with Crippen molar-refractivity contribution in [2.24, 2.45) is 0 Å². The average molecular weight is 460 g/mol. The van der Waals surface area contributed by atoms with Gasteiger partial charge in [0.2, 0.25) is 0 Å². The lowest BCUT2D eigenvalue weighted by Gasteiger charge is -2.26. The van der Waals surface area contributed by atoms with Crippen molar-refractivity contribution in [1.82, 2.24) is 10.3 Å². The van der Waals surface area contributed by atoms with E-state index in [-0.39, 0.29) is 23.5 Å². The van der Waals surface area contributed by atoms with Gasteiger partial charge in [0, 0.05) is 17.4 Å². The van der Waals surface area contributed by atoms with E-state index >= 15 is 0 Å². The summed E-state index contributed by atoms with van der Waals surface area (Å²) in [7, 11) is 0. The molecule has 1 saturated heterocycles. The second-order valence-corrected chi connectivity index (χ2v) is 7.94. The molecule has 2 atom stereocenters. The number of hydrogen-bond acceptors (Lipinski definition) is 4. The second-order valence-electron chi connectivity index (χ2n) is 7.56. The Morgan fingerprint density at radius 3 is 2.45 bits per heavy atom. The summed E-state index contributed by atoms with van der Waals surface area (Å²) in [5, 5.41) is 12.9. The lowest BCUT2D eigenvalue weighted by Crippen LogP contribution is -2.29. The fourth-order valence-electron chi connectivity index (χ4n) is 3.97. The summed E-state index contributed by atoms with van der Waals surface area (Å²) in [5.41, 5.74) is 2.47. The summed E-state index contributed by atoms with van der Waals surface area (Å²) >= 11 is 5.64. The first-order valence-corrected chi connectivity index (χ1v) is 10.6. The van der Waals surface area contributed by atoms with Gasteiger partial charge in [-0.1, -0.05) is 18.2 Å². The fraction of sp³-hybridized carbons (Fsp3) is 0.0800. The first-order valence-electron chi connectivity index (χ1n) is 10.2. The molecule has 0 radical (unpaired) electrons. The van der Waals surface area contributed by atoms with Gasteiger partial charge in [-0.05, 0) is 72.9 Å². The Labute approximate surface area is 194 Å². The quantitative estimate of drug-likeness (QED) is 0.389. The third kappa shape index (κ3) is 3.96. The van der Waals surface area contributed by atoms with E-state index in [4.69, 9.17) is 21.7 Å².